The third kappa shape index (κ3) is 3.74. The highest BCUT2D eigenvalue weighted by Crippen LogP contribution is 2.31. The predicted octanol–water partition coefficient (Wildman–Crippen LogP) is 4.91. The number of rotatable bonds is 4. The third-order valence-corrected chi connectivity index (χ3v) is 4.31. The largest absolute Gasteiger partial charge is 0.319 e. The van der Waals surface area contributed by atoms with Crippen molar-refractivity contribution in [3.05, 3.63) is 58.4 Å². The number of hydrogen-bond acceptors (Lipinski definition) is 3. The summed E-state index contributed by atoms with van der Waals surface area (Å²) in [6.45, 7) is 7.68. The van der Waals surface area contributed by atoms with Gasteiger partial charge in [-0.1, -0.05) is 37.6 Å². The van der Waals surface area contributed by atoms with E-state index in [1.54, 1.807) is 32.0 Å². The second-order valence-electron chi connectivity index (χ2n) is 6.48. The summed E-state index contributed by atoms with van der Waals surface area (Å²) in [5.41, 5.74) is 1.84. The zero-order valence-corrected chi connectivity index (χ0v) is 15.0. The van der Waals surface area contributed by atoms with E-state index in [1.165, 1.54) is 6.20 Å². The average Bonchev–Trinajstić information content (AvgIpc) is 2.56. The summed E-state index contributed by atoms with van der Waals surface area (Å²) in [5, 5.41) is 12.6. The first-order valence-electron chi connectivity index (χ1n) is 7.74. The van der Waals surface area contributed by atoms with E-state index >= 15 is 0 Å². The van der Waals surface area contributed by atoms with Gasteiger partial charge in [0.25, 0.3) is 5.91 Å². The van der Waals surface area contributed by atoms with E-state index < -0.39 is 5.41 Å². The molecule has 0 aliphatic rings. The Hall–Kier alpha value is -2.38. The van der Waals surface area contributed by atoms with Gasteiger partial charge in [-0.3, -0.25) is 9.78 Å². The molecule has 1 heterocycles. The number of carbonyl (C=O) groups is 1. The number of carbonyl (C=O) groups excluding carboxylic acids is 1. The molecule has 1 aromatic heterocycles. The van der Waals surface area contributed by atoms with Crippen molar-refractivity contribution in [2.45, 2.75) is 39.0 Å². The van der Waals surface area contributed by atoms with Gasteiger partial charge in [-0.05, 0) is 49.1 Å². The molecule has 0 aliphatic carbocycles. The molecule has 1 amide bonds. The fraction of sp³-hybridized carbons (Fsp3) is 0.316. The Morgan fingerprint density at radius 1 is 1.33 bits per heavy atom. The predicted molar refractivity (Wildman–Crippen MR) is 96.4 cm³/mol. The Morgan fingerprint density at radius 2 is 2.04 bits per heavy atom. The number of aromatic nitrogens is 1. The number of nitrogens with zero attached hydrogens (tertiary/aromatic N) is 2. The van der Waals surface area contributed by atoms with Gasteiger partial charge in [0.1, 0.15) is 5.69 Å². The molecule has 2 rings (SSSR count). The molecule has 1 aromatic carbocycles. The molecule has 124 valence electrons. The molecular weight excluding hydrogens is 322 g/mol. The summed E-state index contributed by atoms with van der Waals surface area (Å²) < 4.78 is 0. The monoisotopic (exact) mass is 341 g/mol. The van der Waals surface area contributed by atoms with E-state index in [4.69, 9.17) is 11.6 Å². The molecule has 0 aliphatic heterocycles. The zero-order valence-electron chi connectivity index (χ0n) is 14.2. The van der Waals surface area contributed by atoms with Crippen LogP contribution < -0.4 is 5.32 Å². The highest BCUT2D eigenvalue weighted by Gasteiger charge is 2.22. The number of nitrogens with one attached hydrogen (secondary N) is 1. The summed E-state index contributed by atoms with van der Waals surface area (Å²) >= 11 is 6.38. The number of benzene rings is 1. The molecule has 5 heteroatoms. The van der Waals surface area contributed by atoms with Gasteiger partial charge in [0.15, 0.2) is 0 Å². The molecule has 0 unspecified atom stereocenters. The number of halogens is 1. The van der Waals surface area contributed by atoms with Crippen LogP contribution in [0.25, 0.3) is 0 Å². The molecule has 0 atom stereocenters. The second kappa shape index (κ2) is 7.02. The summed E-state index contributed by atoms with van der Waals surface area (Å²) in [6, 6.07) is 11.2. The Kier molecular flexibility index (Phi) is 5.26. The van der Waals surface area contributed by atoms with Crippen molar-refractivity contribution in [1.82, 2.24) is 4.98 Å². The van der Waals surface area contributed by atoms with Crippen molar-refractivity contribution in [3.63, 3.8) is 0 Å². The van der Waals surface area contributed by atoms with Crippen LogP contribution in [0.15, 0.2) is 36.5 Å². The van der Waals surface area contributed by atoms with Crippen LogP contribution in [0.4, 0.5) is 5.69 Å². The fourth-order valence-electron chi connectivity index (χ4n) is 2.29. The van der Waals surface area contributed by atoms with Gasteiger partial charge in [-0.2, -0.15) is 5.26 Å². The van der Waals surface area contributed by atoms with Gasteiger partial charge in [0.05, 0.1) is 22.2 Å². The Labute approximate surface area is 147 Å². The van der Waals surface area contributed by atoms with Crippen molar-refractivity contribution in [3.8, 4) is 6.07 Å². The topological polar surface area (TPSA) is 65.8 Å². The minimum absolute atomic E-state index is 0.252. The van der Waals surface area contributed by atoms with Gasteiger partial charge in [0, 0.05) is 6.20 Å². The Balaban J connectivity index is 2.31. The first-order chi connectivity index (χ1) is 11.3. The maximum atomic E-state index is 12.5. The molecule has 0 radical (unpaired) electrons. The molecule has 0 spiro atoms. The van der Waals surface area contributed by atoms with Crippen LogP contribution in [-0.4, -0.2) is 10.9 Å². The van der Waals surface area contributed by atoms with Crippen molar-refractivity contribution in [1.29, 1.82) is 5.26 Å². The van der Waals surface area contributed by atoms with Gasteiger partial charge in [0.2, 0.25) is 0 Å². The summed E-state index contributed by atoms with van der Waals surface area (Å²) in [4.78, 5) is 16.6. The summed E-state index contributed by atoms with van der Waals surface area (Å²) in [7, 11) is 0. The quantitative estimate of drug-likeness (QED) is 0.859. The molecule has 2 aromatic rings. The van der Waals surface area contributed by atoms with E-state index in [0.717, 1.165) is 11.1 Å². The molecule has 24 heavy (non-hydrogen) atoms. The maximum absolute atomic E-state index is 12.5. The van der Waals surface area contributed by atoms with Crippen molar-refractivity contribution in [2.75, 3.05) is 5.32 Å². The first kappa shape index (κ1) is 18.0. The molecule has 0 saturated carbocycles. The van der Waals surface area contributed by atoms with Crippen LogP contribution in [0.2, 0.25) is 5.02 Å². The second-order valence-corrected chi connectivity index (χ2v) is 6.86. The van der Waals surface area contributed by atoms with E-state index in [0.29, 0.717) is 10.7 Å². The van der Waals surface area contributed by atoms with Crippen LogP contribution in [0.5, 0.6) is 0 Å². The maximum Gasteiger partial charge on any atom is 0.274 e. The molecule has 0 fully saturated rings. The first-order valence-corrected chi connectivity index (χ1v) is 8.11. The third-order valence-electron chi connectivity index (χ3n) is 3.89. The zero-order chi connectivity index (χ0) is 17.9. The lowest BCUT2D eigenvalue weighted by Gasteiger charge is -2.16. The van der Waals surface area contributed by atoms with Gasteiger partial charge in [-0.15, -0.1) is 0 Å². The molecule has 4 nitrogen and oxygen atoms in total. The standard InChI is InChI=1S/C19H20ClN3O/c1-12(2)14-6-5-7-15(17(14)20)23-18(24)16-10-13(8-9-22-16)19(3,4)11-21/h5-10,12H,1-4H3,(H,23,24). The number of hydrogen-bond donors (Lipinski definition) is 1. The number of pyridine rings is 1. The number of anilines is 1. The fourth-order valence-corrected chi connectivity index (χ4v) is 2.68. The lowest BCUT2D eigenvalue weighted by Crippen LogP contribution is -2.18. The van der Waals surface area contributed by atoms with Gasteiger partial charge >= 0.3 is 0 Å². The molecular formula is C19H20ClN3O. The van der Waals surface area contributed by atoms with E-state index in [1.807, 2.05) is 26.0 Å². The lowest BCUT2D eigenvalue weighted by molar-refractivity contribution is 0.102. The SMILES string of the molecule is CC(C)c1cccc(NC(=O)c2cc(C(C)(C)C#N)ccn2)c1Cl. The smallest absolute Gasteiger partial charge is 0.274 e. The summed E-state index contributed by atoms with van der Waals surface area (Å²) in [5.74, 6) is -0.0966. The lowest BCUT2D eigenvalue weighted by atomic mass is 9.86. The molecule has 0 saturated heterocycles. The molecule has 0 bridgehead atoms. The summed E-state index contributed by atoms with van der Waals surface area (Å²) in [6.07, 6.45) is 1.54. The average molecular weight is 342 g/mol. The highest BCUT2D eigenvalue weighted by molar-refractivity contribution is 6.34. The van der Waals surface area contributed by atoms with E-state index in [9.17, 15) is 10.1 Å². The number of amides is 1. The van der Waals surface area contributed by atoms with Crippen molar-refractivity contribution >= 4 is 23.2 Å². The Morgan fingerprint density at radius 3 is 2.67 bits per heavy atom. The number of nitriles is 1. The van der Waals surface area contributed by atoms with Crippen LogP contribution >= 0.6 is 11.6 Å². The Bertz CT molecular complexity index is 806. The van der Waals surface area contributed by atoms with E-state index in [-0.39, 0.29) is 17.5 Å². The van der Waals surface area contributed by atoms with Crippen LogP contribution in [0.3, 0.4) is 0 Å². The van der Waals surface area contributed by atoms with Crippen molar-refractivity contribution in [2.24, 2.45) is 0 Å². The molecule has 1 N–H and O–H groups in total. The highest BCUT2D eigenvalue weighted by atomic mass is 35.5. The van der Waals surface area contributed by atoms with Crippen LogP contribution in [-0.2, 0) is 5.41 Å². The van der Waals surface area contributed by atoms with Crippen LogP contribution in [0.1, 0.15) is 55.2 Å². The van der Waals surface area contributed by atoms with Crippen LogP contribution in [0, 0.1) is 11.3 Å². The minimum atomic E-state index is -0.687. The normalized spacial score (nSPS) is 11.2. The van der Waals surface area contributed by atoms with E-state index in [2.05, 4.69) is 16.4 Å². The van der Waals surface area contributed by atoms with Gasteiger partial charge < -0.3 is 5.32 Å². The van der Waals surface area contributed by atoms with Crippen molar-refractivity contribution < 1.29 is 4.79 Å². The van der Waals surface area contributed by atoms with Gasteiger partial charge in [-0.25, -0.2) is 0 Å². The minimum Gasteiger partial charge on any atom is -0.319 e.